The second kappa shape index (κ2) is 4.38. The summed E-state index contributed by atoms with van der Waals surface area (Å²) in [6.45, 7) is 4.07. The van der Waals surface area contributed by atoms with Crippen molar-refractivity contribution in [3.63, 3.8) is 0 Å². The quantitative estimate of drug-likeness (QED) is 0.921. The van der Waals surface area contributed by atoms with Gasteiger partial charge in [-0.05, 0) is 66.7 Å². The molecular weight excluding hydrogens is 266 g/mol. The Morgan fingerprint density at radius 3 is 2.62 bits per heavy atom. The van der Waals surface area contributed by atoms with Gasteiger partial charge in [-0.25, -0.2) is 0 Å². The van der Waals surface area contributed by atoms with Crippen molar-refractivity contribution in [1.82, 2.24) is 0 Å². The van der Waals surface area contributed by atoms with Crippen LogP contribution in [0.15, 0.2) is 22.7 Å². The predicted molar refractivity (Wildman–Crippen MR) is 69.8 cm³/mol. The molecule has 1 aromatic carbocycles. The SMILES string of the molecule is CC(C)(N)Cc1ccc(OC2CC2)c(Br)c1. The predicted octanol–water partition coefficient (Wildman–Crippen LogP) is 3.27. The van der Waals surface area contributed by atoms with Crippen LogP contribution in [-0.2, 0) is 6.42 Å². The Labute approximate surface area is 105 Å². The lowest BCUT2D eigenvalue weighted by Gasteiger charge is -2.19. The Morgan fingerprint density at radius 2 is 2.12 bits per heavy atom. The second-order valence-electron chi connectivity index (χ2n) is 5.25. The average Bonchev–Trinajstić information content (AvgIpc) is 2.90. The van der Waals surface area contributed by atoms with E-state index in [9.17, 15) is 0 Å². The van der Waals surface area contributed by atoms with Crippen molar-refractivity contribution in [2.75, 3.05) is 0 Å². The Kier molecular flexibility index (Phi) is 3.27. The van der Waals surface area contributed by atoms with Crippen LogP contribution < -0.4 is 10.5 Å². The monoisotopic (exact) mass is 283 g/mol. The summed E-state index contributed by atoms with van der Waals surface area (Å²) in [5.41, 5.74) is 7.07. The topological polar surface area (TPSA) is 35.2 Å². The van der Waals surface area contributed by atoms with Crippen LogP contribution in [-0.4, -0.2) is 11.6 Å². The first-order valence-electron chi connectivity index (χ1n) is 5.68. The Hall–Kier alpha value is -0.540. The number of hydrogen-bond donors (Lipinski definition) is 1. The Balaban J connectivity index is 2.08. The largest absolute Gasteiger partial charge is 0.489 e. The van der Waals surface area contributed by atoms with Gasteiger partial charge in [0.15, 0.2) is 0 Å². The van der Waals surface area contributed by atoms with Gasteiger partial charge in [-0.3, -0.25) is 0 Å². The summed E-state index contributed by atoms with van der Waals surface area (Å²) in [4.78, 5) is 0. The Morgan fingerprint density at radius 1 is 1.44 bits per heavy atom. The molecule has 0 bridgehead atoms. The summed E-state index contributed by atoms with van der Waals surface area (Å²) in [5, 5.41) is 0. The van der Waals surface area contributed by atoms with E-state index in [-0.39, 0.29) is 5.54 Å². The maximum Gasteiger partial charge on any atom is 0.133 e. The summed E-state index contributed by atoms with van der Waals surface area (Å²) in [7, 11) is 0. The average molecular weight is 284 g/mol. The highest BCUT2D eigenvalue weighted by Crippen LogP contribution is 2.33. The molecule has 1 aromatic rings. The molecule has 0 unspecified atom stereocenters. The second-order valence-corrected chi connectivity index (χ2v) is 6.10. The van der Waals surface area contributed by atoms with Crippen LogP contribution in [0.2, 0.25) is 0 Å². The summed E-state index contributed by atoms with van der Waals surface area (Å²) in [6.07, 6.45) is 3.68. The van der Waals surface area contributed by atoms with Crippen molar-refractivity contribution in [2.24, 2.45) is 5.73 Å². The smallest absolute Gasteiger partial charge is 0.133 e. The maximum absolute atomic E-state index is 6.00. The molecule has 2 nitrogen and oxygen atoms in total. The van der Waals surface area contributed by atoms with Gasteiger partial charge in [0, 0.05) is 5.54 Å². The van der Waals surface area contributed by atoms with Gasteiger partial charge in [-0.2, -0.15) is 0 Å². The van der Waals surface area contributed by atoms with Gasteiger partial charge in [-0.1, -0.05) is 6.07 Å². The molecule has 2 rings (SSSR count). The van der Waals surface area contributed by atoms with E-state index < -0.39 is 0 Å². The van der Waals surface area contributed by atoms with Crippen molar-refractivity contribution >= 4 is 15.9 Å². The molecule has 0 amide bonds. The van der Waals surface area contributed by atoms with Crippen LogP contribution in [0.1, 0.15) is 32.3 Å². The lowest BCUT2D eigenvalue weighted by atomic mass is 9.96. The minimum Gasteiger partial charge on any atom is -0.489 e. The van der Waals surface area contributed by atoms with Gasteiger partial charge in [-0.15, -0.1) is 0 Å². The van der Waals surface area contributed by atoms with Crippen LogP contribution in [0.3, 0.4) is 0 Å². The molecule has 1 saturated carbocycles. The lowest BCUT2D eigenvalue weighted by molar-refractivity contribution is 0.301. The van der Waals surface area contributed by atoms with Crippen molar-refractivity contribution < 1.29 is 4.74 Å². The zero-order valence-electron chi connectivity index (χ0n) is 9.79. The lowest BCUT2D eigenvalue weighted by Crippen LogP contribution is -2.34. The van der Waals surface area contributed by atoms with Gasteiger partial charge in [0.1, 0.15) is 5.75 Å². The number of benzene rings is 1. The number of hydrogen-bond acceptors (Lipinski definition) is 2. The summed E-state index contributed by atoms with van der Waals surface area (Å²) in [6, 6.07) is 6.23. The molecule has 1 aliphatic rings. The first-order chi connectivity index (χ1) is 7.44. The minimum atomic E-state index is -0.168. The van der Waals surface area contributed by atoms with Crippen LogP contribution in [0.5, 0.6) is 5.75 Å². The van der Waals surface area contributed by atoms with E-state index >= 15 is 0 Å². The van der Waals surface area contributed by atoms with Crippen LogP contribution in [0, 0.1) is 0 Å². The van der Waals surface area contributed by atoms with E-state index in [1.54, 1.807) is 0 Å². The fourth-order valence-electron chi connectivity index (χ4n) is 1.64. The molecule has 1 aliphatic carbocycles. The van der Waals surface area contributed by atoms with Crippen LogP contribution in [0.25, 0.3) is 0 Å². The van der Waals surface area contributed by atoms with Crippen molar-refractivity contribution in [3.8, 4) is 5.75 Å². The standard InChI is InChI=1S/C13H18BrNO/c1-13(2,15)8-9-3-6-12(11(14)7-9)16-10-4-5-10/h3,6-7,10H,4-5,8,15H2,1-2H3. The highest BCUT2D eigenvalue weighted by atomic mass is 79.9. The third-order valence-corrected chi connectivity index (χ3v) is 3.09. The molecule has 0 radical (unpaired) electrons. The Bertz CT molecular complexity index is 380. The van der Waals surface area contributed by atoms with Gasteiger partial charge in [0.2, 0.25) is 0 Å². The summed E-state index contributed by atoms with van der Waals surface area (Å²) < 4.78 is 6.79. The van der Waals surface area contributed by atoms with Crippen molar-refractivity contribution in [1.29, 1.82) is 0 Å². The molecular formula is C13H18BrNO. The van der Waals surface area contributed by atoms with E-state index in [1.807, 2.05) is 19.9 Å². The maximum atomic E-state index is 6.00. The molecule has 1 fully saturated rings. The van der Waals surface area contributed by atoms with Crippen LogP contribution >= 0.6 is 15.9 Å². The van der Waals surface area contributed by atoms with Crippen molar-refractivity contribution in [3.05, 3.63) is 28.2 Å². The number of ether oxygens (including phenoxy) is 1. The molecule has 0 aliphatic heterocycles. The molecule has 0 atom stereocenters. The summed E-state index contributed by atoms with van der Waals surface area (Å²) in [5.74, 6) is 0.945. The van der Waals surface area contributed by atoms with Gasteiger partial charge >= 0.3 is 0 Å². The molecule has 88 valence electrons. The first-order valence-corrected chi connectivity index (χ1v) is 6.47. The fraction of sp³-hybridized carbons (Fsp3) is 0.538. The number of nitrogens with two attached hydrogens (primary N) is 1. The van der Waals surface area contributed by atoms with Gasteiger partial charge < -0.3 is 10.5 Å². The van der Waals surface area contributed by atoms with E-state index in [1.165, 1.54) is 18.4 Å². The molecule has 0 aromatic heterocycles. The van der Waals surface area contributed by atoms with E-state index in [0.717, 1.165) is 16.6 Å². The normalized spacial score (nSPS) is 16.2. The van der Waals surface area contributed by atoms with Crippen LogP contribution in [0.4, 0.5) is 0 Å². The highest BCUT2D eigenvalue weighted by molar-refractivity contribution is 9.10. The third-order valence-electron chi connectivity index (χ3n) is 2.47. The van der Waals surface area contributed by atoms with E-state index in [4.69, 9.17) is 10.5 Å². The fourth-order valence-corrected chi connectivity index (χ4v) is 2.16. The molecule has 0 saturated heterocycles. The first kappa shape index (κ1) is 11.9. The third kappa shape index (κ3) is 3.49. The molecule has 0 heterocycles. The number of halogens is 1. The summed E-state index contributed by atoms with van der Waals surface area (Å²) >= 11 is 3.55. The molecule has 3 heteroatoms. The van der Waals surface area contributed by atoms with Gasteiger partial charge in [0.25, 0.3) is 0 Å². The zero-order valence-corrected chi connectivity index (χ0v) is 11.4. The van der Waals surface area contributed by atoms with Gasteiger partial charge in [0.05, 0.1) is 10.6 Å². The zero-order chi connectivity index (χ0) is 11.8. The molecule has 16 heavy (non-hydrogen) atoms. The highest BCUT2D eigenvalue weighted by Gasteiger charge is 2.24. The van der Waals surface area contributed by atoms with E-state index in [2.05, 4.69) is 28.1 Å². The van der Waals surface area contributed by atoms with E-state index in [0.29, 0.717) is 6.10 Å². The minimum absolute atomic E-state index is 0.168. The molecule has 2 N–H and O–H groups in total. The van der Waals surface area contributed by atoms with Crippen molar-refractivity contribution in [2.45, 2.75) is 44.8 Å². The number of rotatable bonds is 4. The molecule has 0 spiro atoms.